The number of carbonyl (C=O) groups is 2. The van der Waals surface area contributed by atoms with Crippen LogP contribution in [-0.4, -0.2) is 16.0 Å². The van der Waals surface area contributed by atoms with Gasteiger partial charge in [-0.2, -0.15) is 0 Å². The zero-order chi connectivity index (χ0) is 35.5. The van der Waals surface area contributed by atoms with Gasteiger partial charge < -0.3 is 0 Å². The van der Waals surface area contributed by atoms with Gasteiger partial charge in [-0.1, -0.05) is 109 Å². The van der Waals surface area contributed by atoms with Crippen LogP contribution in [0.5, 0.6) is 0 Å². The predicted octanol–water partition coefficient (Wildman–Crippen LogP) is 10.1. The molecule has 5 nitrogen and oxygen atoms in total. The summed E-state index contributed by atoms with van der Waals surface area (Å²) in [5.74, 6) is -0.551. The quantitative estimate of drug-likeness (QED) is 0.135. The van der Waals surface area contributed by atoms with Crippen LogP contribution in [0.2, 0.25) is 0 Å². The highest BCUT2D eigenvalue weighted by Crippen LogP contribution is 2.50. The number of ketones is 2. The maximum absolute atomic E-state index is 13.9. The van der Waals surface area contributed by atoms with Crippen molar-refractivity contribution < 1.29 is 9.59 Å². The fraction of sp³-hybridized carbons (Fsp3) is 0.0417. The lowest BCUT2D eigenvalue weighted by atomic mass is 9.73. The average Bonchev–Trinajstić information content (AvgIpc) is 3.34. The molecule has 0 saturated carbocycles. The second kappa shape index (κ2) is 10.8. The number of rotatable bonds is 2. The molecule has 0 N–H and O–H groups in total. The van der Waals surface area contributed by atoms with Gasteiger partial charge in [-0.25, -0.2) is 4.40 Å². The molecule has 2 aliphatic carbocycles. The Hall–Kier alpha value is -6.98. The third-order valence-corrected chi connectivity index (χ3v) is 11.4. The molecule has 53 heavy (non-hydrogen) atoms. The minimum atomic E-state index is -0.534. The number of aromatic nitrogens is 1. The van der Waals surface area contributed by atoms with Crippen molar-refractivity contribution >= 4 is 49.4 Å². The highest BCUT2D eigenvalue weighted by Gasteiger charge is 2.38. The van der Waals surface area contributed by atoms with Gasteiger partial charge in [0, 0.05) is 39.1 Å². The van der Waals surface area contributed by atoms with Gasteiger partial charge in [0.25, 0.3) is 11.1 Å². The molecule has 7 aromatic carbocycles. The molecule has 11 rings (SSSR count). The molecule has 0 saturated heterocycles. The van der Waals surface area contributed by atoms with Crippen molar-refractivity contribution in [2.24, 2.45) is 0 Å². The highest BCUT2D eigenvalue weighted by atomic mass is 16.2. The van der Waals surface area contributed by atoms with E-state index in [1.165, 1.54) is 4.40 Å². The normalized spacial score (nSPS) is 14.8. The molecule has 1 unspecified atom stereocenters. The van der Waals surface area contributed by atoms with Crippen molar-refractivity contribution in [3.8, 4) is 44.5 Å². The number of Topliss-reactive ketones (excluding diaryl/α,β-unsaturated/α-hetero) is 2. The molecule has 0 aliphatic heterocycles. The summed E-state index contributed by atoms with van der Waals surface area (Å²) in [5, 5.41) is 4.33. The molecule has 0 bridgehead atoms. The van der Waals surface area contributed by atoms with Crippen LogP contribution in [0.15, 0.2) is 155 Å². The summed E-state index contributed by atoms with van der Waals surface area (Å²) in [6.45, 7) is 0. The van der Waals surface area contributed by atoms with Gasteiger partial charge in [0.2, 0.25) is 0 Å². The Kier molecular flexibility index (Phi) is 6.04. The minimum absolute atomic E-state index is 0.00112. The van der Waals surface area contributed by atoms with Crippen molar-refractivity contribution in [2.45, 2.75) is 12.3 Å². The third-order valence-electron chi connectivity index (χ3n) is 11.4. The van der Waals surface area contributed by atoms with Crippen molar-refractivity contribution in [2.75, 3.05) is 0 Å². The highest BCUT2D eigenvalue weighted by molar-refractivity contribution is 6.20. The zero-order valence-corrected chi connectivity index (χ0v) is 28.2. The molecule has 0 spiro atoms. The van der Waals surface area contributed by atoms with Crippen LogP contribution in [0.3, 0.4) is 0 Å². The maximum atomic E-state index is 13.9. The third kappa shape index (κ3) is 4.07. The molecule has 2 aliphatic rings. The van der Waals surface area contributed by atoms with Gasteiger partial charge in [0.1, 0.15) is 0 Å². The van der Waals surface area contributed by atoms with E-state index in [2.05, 4.69) is 48.5 Å². The summed E-state index contributed by atoms with van der Waals surface area (Å²) in [4.78, 5) is 55.0. The first-order valence-corrected chi connectivity index (χ1v) is 17.8. The smallest absolute Gasteiger partial charge is 0.266 e. The molecule has 9 aromatic rings. The minimum Gasteiger partial charge on any atom is -0.294 e. The number of fused-ring (bicyclic) bond motifs is 8. The fourth-order valence-electron chi connectivity index (χ4n) is 9.00. The fourth-order valence-corrected chi connectivity index (χ4v) is 9.00. The molecular weight excluding hydrogens is 655 g/mol. The van der Waals surface area contributed by atoms with Crippen molar-refractivity contribution in [1.82, 2.24) is 4.40 Å². The average molecular weight is 682 g/mol. The SMILES string of the molecule is O=C1CC2C(=O)c3ccccc3-c3cc(-c4ccc(-c5cc6c7ccccc7c(=O)n7c(=O)c8ccccc8c(c5)c67)cc4)cc(c32)-c2ccccc21. The zero-order valence-electron chi connectivity index (χ0n) is 28.2. The molecule has 2 aromatic heterocycles. The molecule has 248 valence electrons. The van der Waals surface area contributed by atoms with E-state index >= 15 is 0 Å². The first-order chi connectivity index (χ1) is 26.0. The second-order valence-corrected chi connectivity index (χ2v) is 14.2. The Bertz CT molecular complexity index is 3120. The molecule has 5 heteroatoms. The summed E-state index contributed by atoms with van der Waals surface area (Å²) < 4.78 is 1.34. The summed E-state index contributed by atoms with van der Waals surface area (Å²) >= 11 is 0. The van der Waals surface area contributed by atoms with E-state index in [-0.39, 0.29) is 29.1 Å². The number of nitrogens with zero attached hydrogens (tertiary/aromatic N) is 1. The first kappa shape index (κ1) is 29.7. The van der Waals surface area contributed by atoms with Crippen LogP contribution in [0.1, 0.15) is 38.6 Å². The predicted molar refractivity (Wildman–Crippen MR) is 211 cm³/mol. The summed E-state index contributed by atoms with van der Waals surface area (Å²) in [7, 11) is 0. The van der Waals surface area contributed by atoms with Gasteiger partial charge in [-0.05, 0) is 97.2 Å². The van der Waals surface area contributed by atoms with Crippen LogP contribution in [0.25, 0.3) is 82.3 Å². The van der Waals surface area contributed by atoms with Crippen molar-refractivity contribution in [3.05, 3.63) is 183 Å². The number of hydrogen-bond acceptors (Lipinski definition) is 4. The van der Waals surface area contributed by atoms with E-state index in [4.69, 9.17) is 0 Å². The summed E-state index contributed by atoms with van der Waals surface area (Å²) in [6, 6.07) is 47.3. The van der Waals surface area contributed by atoms with Crippen LogP contribution in [0, 0.1) is 0 Å². The molecular formula is C48H27NO4. The molecule has 0 fully saturated rings. The Morgan fingerprint density at radius 3 is 1.38 bits per heavy atom. The van der Waals surface area contributed by atoms with E-state index in [1.54, 1.807) is 12.1 Å². The van der Waals surface area contributed by atoms with Gasteiger partial charge in [0.05, 0.1) is 11.4 Å². The van der Waals surface area contributed by atoms with Gasteiger partial charge in [0.15, 0.2) is 11.6 Å². The lowest BCUT2D eigenvalue weighted by Crippen LogP contribution is -2.27. The van der Waals surface area contributed by atoms with E-state index in [9.17, 15) is 19.2 Å². The van der Waals surface area contributed by atoms with Gasteiger partial charge in [-0.15, -0.1) is 0 Å². The number of carbonyl (C=O) groups excluding carboxylic acids is 2. The lowest BCUT2D eigenvalue weighted by Gasteiger charge is -2.28. The van der Waals surface area contributed by atoms with Crippen molar-refractivity contribution in [3.63, 3.8) is 0 Å². The largest absolute Gasteiger partial charge is 0.294 e. The second-order valence-electron chi connectivity index (χ2n) is 14.2. The Balaban J connectivity index is 1.13. The molecule has 2 heterocycles. The number of pyridine rings is 2. The Morgan fingerprint density at radius 1 is 0.396 bits per heavy atom. The Morgan fingerprint density at radius 2 is 0.830 bits per heavy atom. The van der Waals surface area contributed by atoms with Crippen LogP contribution in [-0.2, 0) is 0 Å². The van der Waals surface area contributed by atoms with E-state index in [0.29, 0.717) is 27.4 Å². The first-order valence-electron chi connectivity index (χ1n) is 17.8. The topological polar surface area (TPSA) is 72.7 Å². The molecule has 0 amide bonds. The van der Waals surface area contributed by atoms with E-state index in [0.717, 1.165) is 71.6 Å². The van der Waals surface area contributed by atoms with Crippen LogP contribution >= 0.6 is 0 Å². The van der Waals surface area contributed by atoms with Crippen LogP contribution in [0.4, 0.5) is 0 Å². The number of benzene rings is 7. The lowest BCUT2D eigenvalue weighted by molar-refractivity contribution is 0.0894. The summed E-state index contributed by atoms with van der Waals surface area (Å²) in [5.41, 5.74) is 9.88. The summed E-state index contributed by atoms with van der Waals surface area (Å²) in [6.07, 6.45) is 0.149. The molecule has 1 atom stereocenters. The van der Waals surface area contributed by atoms with Gasteiger partial charge >= 0.3 is 0 Å². The monoisotopic (exact) mass is 681 g/mol. The molecule has 0 radical (unpaired) electrons. The van der Waals surface area contributed by atoms with E-state index in [1.807, 2.05) is 84.9 Å². The number of hydrogen-bond donors (Lipinski definition) is 0. The Labute approximate surface area is 302 Å². The van der Waals surface area contributed by atoms with E-state index < -0.39 is 5.92 Å². The maximum Gasteiger partial charge on any atom is 0.266 e. The van der Waals surface area contributed by atoms with Crippen LogP contribution < -0.4 is 11.1 Å². The van der Waals surface area contributed by atoms with Crippen molar-refractivity contribution in [1.29, 1.82) is 0 Å². The standard InChI is InChI=1S/C48H27NO4/c50-43-25-42-44-38(30-9-1-5-13-34(30)43)21-28(22-39(44)31-10-2-6-14-35(31)46(42)51)26-17-19-27(20-18-26)29-23-40-32-11-3-7-15-36(32)47(52)49-45(40)41(24-29)33-12-4-8-16-37(33)48(49)53/h1-24,42H,25H2. The van der Waals surface area contributed by atoms with Gasteiger partial charge in [-0.3, -0.25) is 19.2 Å².